The van der Waals surface area contributed by atoms with Crippen molar-refractivity contribution in [1.29, 1.82) is 0 Å². The molecule has 0 saturated carbocycles. The van der Waals surface area contributed by atoms with Crippen LogP contribution in [0.3, 0.4) is 0 Å². The van der Waals surface area contributed by atoms with Crippen molar-refractivity contribution < 1.29 is 0 Å². The maximum Gasteiger partial charge on any atom is 0.235 e. The summed E-state index contributed by atoms with van der Waals surface area (Å²) in [5.41, 5.74) is 3.40. The average molecular weight is 278 g/mol. The Labute approximate surface area is 117 Å². The molecule has 0 unspecified atom stereocenters. The van der Waals surface area contributed by atoms with Crippen LogP contribution in [0.15, 0.2) is 18.2 Å². The van der Waals surface area contributed by atoms with E-state index in [1.165, 1.54) is 11.1 Å². The predicted molar refractivity (Wildman–Crippen MR) is 78.4 cm³/mol. The van der Waals surface area contributed by atoms with Crippen molar-refractivity contribution in [2.24, 2.45) is 0 Å². The molecule has 19 heavy (non-hydrogen) atoms. The van der Waals surface area contributed by atoms with Crippen molar-refractivity contribution in [2.45, 2.75) is 13.8 Å². The van der Waals surface area contributed by atoms with Gasteiger partial charge in [-0.05, 0) is 48.7 Å². The SMILES string of the molecule is CNc1nc(Cl)nc(N(C)c2cc(C)cc(C)c2)n1. The summed E-state index contributed by atoms with van der Waals surface area (Å²) in [6.07, 6.45) is 0. The number of aryl methyl sites for hydroxylation is 2. The van der Waals surface area contributed by atoms with Gasteiger partial charge < -0.3 is 10.2 Å². The van der Waals surface area contributed by atoms with Crippen LogP contribution in [-0.4, -0.2) is 29.0 Å². The molecule has 0 aliphatic heterocycles. The Balaban J connectivity index is 2.43. The van der Waals surface area contributed by atoms with Crippen molar-refractivity contribution >= 4 is 29.2 Å². The van der Waals surface area contributed by atoms with Gasteiger partial charge >= 0.3 is 0 Å². The summed E-state index contributed by atoms with van der Waals surface area (Å²) in [6, 6.07) is 6.27. The van der Waals surface area contributed by atoms with E-state index in [9.17, 15) is 0 Å². The van der Waals surface area contributed by atoms with E-state index in [2.05, 4.69) is 52.3 Å². The number of hydrogen-bond acceptors (Lipinski definition) is 5. The van der Waals surface area contributed by atoms with Crippen LogP contribution in [0.2, 0.25) is 5.28 Å². The zero-order valence-electron chi connectivity index (χ0n) is 11.4. The monoisotopic (exact) mass is 277 g/mol. The molecular weight excluding hydrogens is 262 g/mol. The fourth-order valence-corrected chi connectivity index (χ4v) is 2.02. The van der Waals surface area contributed by atoms with Gasteiger partial charge in [-0.1, -0.05) is 6.07 Å². The average Bonchev–Trinajstić information content (AvgIpc) is 2.35. The molecule has 0 aliphatic carbocycles. The molecule has 2 aromatic rings. The van der Waals surface area contributed by atoms with Crippen LogP contribution in [0.1, 0.15) is 11.1 Å². The van der Waals surface area contributed by atoms with Crippen LogP contribution in [0, 0.1) is 13.8 Å². The summed E-state index contributed by atoms with van der Waals surface area (Å²) >= 11 is 5.89. The highest BCUT2D eigenvalue weighted by atomic mass is 35.5. The summed E-state index contributed by atoms with van der Waals surface area (Å²) in [5, 5.41) is 3.04. The minimum Gasteiger partial charge on any atom is -0.357 e. The highest BCUT2D eigenvalue weighted by Gasteiger charge is 2.11. The number of nitrogens with zero attached hydrogens (tertiary/aromatic N) is 4. The van der Waals surface area contributed by atoms with Crippen molar-refractivity contribution in [1.82, 2.24) is 15.0 Å². The highest BCUT2D eigenvalue weighted by Crippen LogP contribution is 2.24. The molecule has 1 aromatic carbocycles. The maximum absolute atomic E-state index is 5.89. The molecule has 0 aliphatic rings. The van der Waals surface area contributed by atoms with Crippen molar-refractivity contribution in [3.8, 4) is 0 Å². The smallest absolute Gasteiger partial charge is 0.235 e. The number of anilines is 3. The molecule has 0 bridgehead atoms. The van der Waals surface area contributed by atoms with Gasteiger partial charge in [-0.15, -0.1) is 0 Å². The maximum atomic E-state index is 5.89. The second-order valence-electron chi connectivity index (χ2n) is 4.38. The normalized spacial score (nSPS) is 10.4. The van der Waals surface area contributed by atoms with Crippen molar-refractivity contribution in [3.05, 3.63) is 34.6 Å². The Bertz CT molecular complexity index is 579. The molecule has 0 atom stereocenters. The molecule has 100 valence electrons. The molecule has 1 aromatic heterocycles. The Morgan fingerprint density at radius 1 is 1.05 bits per heavy atom. The van der Waals surface area contributed by atoms with Gasteiger partial charge in [-0.3, -0.25) is 0 Å². The molecule has 0 fully saturated rings. The molecule has 2 rings (SSSR count). The fraction of sp³-hybridized carbons (Fsp3) is 0.308. The molecule has 5 nitrogen and oxygen atoms in total. The summed E-state index contributed by atoms with van der Waals surface area (Å²) in [6.45, 7) is 4.12. The molecule has 0 amide bonds. The molecule has 0 radical (unpaired) electrons. The number of hydrogen-bond donors (Lipinski definition) is 1. The van der Waals surface area contributed by atoms with Gasteiger partial charge in [0.2, 0.25) is 17.2 Å². The third kappa shape index (κ3) is 3.12. The van der Waals surface area contributed by atoms with E-state index in [-0.39, 0.29) is 5.28 Å². The largest absolute Gasteiger partial charge is 0.357 e. The van der Waals surface area contributed by atoms with E-state index in [1.807, 2.05) is 11.9 Å². The predicted octanol–water partition coefficient (Wildman–Crippen LogP) is 2.95. The van der Waals surface area contributed by atoms with Gasteiger partial charge in [0.25, 0.3) is 0 Å². The third-order valence-corrected chi connectivity index (χ3v) is 2.88. The first kappa shape index (κ1) is 13.5. The summed E-state index contributed by atoms with van der Waals surface area (Å²) in [4.78, 5) is 14.3. The van der Waals surface area contributed by atoms with Gasteiger partial charge in [-0.2, -0.15) is 15.0 Å². The quantitative estimate of drug-likeness (QED) is 0.935. The second kappa shape index (κ2) is 5.40. The first-order valence-electron chi connectivity index (χ1n) is 5.91. The lowest BCUT2D eigenvalue weighted by molar-refractivity contribution is 0.985. The number of aromatic nitrogens is 3. The zero-order chi connectivity index (χ0) is 14.0. The van der Waals surface area contributed by atoms with Crippen LogP contribution in [0.4, 0.5) is 17.6 Å². The topological polar surface area (TPSA) is 53.9 Å². The number of rotatable bonds is 3. The number of benzene rings is 1. The van der Waals surface area contributed by atoms with Gasteiger partial charge in [0.05, 0.1) is 0 Å². The minimum atomic E-state index is 0.172. The van der Waals surface area contributed by atoms with Gasteiger partial charge in [0, 0.05) is 19.8 Å². The van der Waals surface area contributed by atoms with Crippen LogP contribution in [-0.2, 0) is 0 Å². The van der Waals surface area contributed by atoms with Gasteiger partial charge in [0.15, 0.2) is 0 Å². The first-order valence-corrected chi connectivity index (χ1v) is 6.29. The van der Waals surface area contributed by atoms with Crippen LogP contribution >= 0.6 is 11.6 Å². The van der Waals surface area contributed by atoms with Crippen LogP contribution < -0.4 is 10.2 Å². The molecular formula is C13H16ClN5. The number of halogens is 1. The lowest BCUT2D eigenvalue weighted by Gasteiger charge is -2.18. The lowest BCUT2D eigenvalue weighted by atomic mass is 10.1. The summed E-state index contributed by atoms with van der Waals surface area (Å²) < 4.78 is 0. The van der Waals surface area contributed by atoms with Gasteiger partial charge in [-0.25, -0.2) is 0 Å². The van der Waals surface area contributed by atoms with E-state index in [0.29, 0.717) is 11.9 Å². The van der Waals surface area contributed by atoms with E-state index in [0.717, 1.165) is 5.69 Å². The summed E-state index contributed by atoms with van der Waals surface area (Å²) in [5.74, 6) is 0.959. The second-order valence-corrected chi connectivity index (χ2v) is 4.72. The molecule has 1 N–H and O–H groups in total. The van der Waals surface area contributed by atoms with Gasteiger partial charge in [0.1, 0.15) is 0 Å². The zero-order valence-corrected chi connectivity index (χ0v) is 12.2. The molecule has 0 spiro atoms. The van der Waals surface area contributed by atoms with Crippen molar-refractivity contribution in [3.63, 3.8) is 0 Å². The van der Waals surface area contributed by atoms with E-state index < -0.39 is 0 Å². The summed E-state index contributed by atoms with van der Waals surface area (Å²) in [7, 11) is 3.64. The molecule has 6 heteroatoms. The van der Waals surface area contributed by atoms with E-state index in [4.69, 9.17) is 11.6 Å². The molecule has 0 saturated heterocycles. The highest BCUT2D eigenvalue weighted by molar-refractivity contribution is 6.28. The van der Waals surface area contributed by atoms with Crippen LogP contribution in [0.5, 0.6) is 0 Å². The Morgan fingerprint density at radius 2 is 1.68 bits per heavy atom. The first-order chi connectivity index (χ1) is 8.99. The minimum absolute atomic E-state index is 0.172. The van der Waals surface area contributed by atoms with E-state index in [1.54, 1.807) is 7.05 Å². The Kier molecular flexibility index (Phi) is 3.85. The van der Waals surface area contributed by atoms with E-state index >= 15 is 0 Å². The number of nitrogens with one attached hydrogen (secondary N) is 1. The Hall–Kier alpha value is -1.88. The lowest BCUT2D eigenvalue weighted by Crippen LogP contribution is -2.15. The molecule has 1 heterocycles. The van der Waals surface area contributed by atoms with Crippen molar-refractivity contribution in [2.75, 3.05) is 24.3 Å². The third-order valence-electron chi connectivity index (χ3n) is 2.71. The van der Waals surface area contributed by atoms with Crippen LogP contribution in [0.25, 0.3) is 0 Å². The Morgan fingerprint density at radius 3 is 2.26 bits per heavy atom. The fourth-order valence-electron chi connectivity index (χ4n) is 1.86. The standard InChI is InChI=1S/C13H16ClN5/c1-8-5-9(2)7-10(6-8)19(4)13-17-11(14)16-12(15-3)18-13/h5-7H,1-4H3,(H,15,16,17,18).